The number of para-hydroxylation sites is 2. The van der Waals surface area contributed by atoms with Gasteiger partial charge in [-0.15, -0.1) is 0 Å². The van der Waals surface area contributed by atoms with Crippen molar-refractivity contribution in [2.75, 3.05) is 18.4 Å². The van der Waals surface area contributed by atoms with E-state index in [2.05, 4.69) is 10.6 Å². The van der Waals surface area contributed by atoms with Gasteiger partial charge in [0, 0.05) is 41.9 Å². The normalized spacial score (nSPS) is 10.6. The maximum absolute atomic E-state index is 12.8. The second kappa shape index (κ2) is 9.65. The van der Waals surface area contributed by atoms with Gasteiger partial charge >= 0.3 is 0 Å². The first-order valence-corrected chi connectivity index (χ1v) is 10.1. The molecule has 1 aromatic heterocycles. The number of anilines is 1. The topological polar surface area (TPSA) is 107 Å². The lowest BCUT2D eigenvalue weighted by Gasteiger charge is -2.09. The average Bonchev–Trinajstić information content (AvgIpc) is 3.20. The number of non-ortho nitro benzene ring substituents is 1. The molecule has 0 radical (unpaired) electrons. The van der Waals surface area contributed by atoms with E-state index in [-0.39, 0.29) is 24.0 Å². The van der Waals surface area contributed by atoms with E-state index < -0.39 is 4.92 Å². The Kier molecular flexibility index (Phi) is 6.31. The number of carbonyl (C=O) groups is 1. The van der Waals surface area contributed by atoms with Crippen LogP contribution < -0.4 is 15.4 Å². The van der Waals surface area contributed by atoms with E-state index in [9.17, 15) is 14.9 Å². The number of nitrogens with one attached hydrogen (secondary N) is 2. The molecule has 0 saturated carbocycles. The first kappa shape index (κ1) is 20.9. The largest absolute Gasteiger partial charge is 0.489 e. The van der Waals surface area contributed by atoms with Crippen LogP contribution in [0.25, 0.3) is 11.0 Å². The van der Waals surface area contributed by atoms with Crippen molar-refractivity contribution in [3.63, 3.8) is 0 Å². The van der Waals surface area contributed by atoms with Gasteiger partial charge in [0.1, 0.15) is 17.9 Å². The molecule has 0 atom stereocenters. The van der Waals surface area contributed by atoms with Crippen molar-refractivity contribution in [3.8, 4) is 5.75 Å². The minimum atomic E-state index is -0.448. The van der Waals surface area contributed by atoms with Crippen molar-refractivity contribution < 1.29 is 18.9 Å². The second-order valence-electron chi connectivity index (χ2n) is 6.99. The van der Waals surface area contributed by atoms with E-state index in [1.807, 2.05) is 54.6 Å². The summed E-state index contributed by atoms with van der Waals surface area (Å²) in [4.78, 5) is 23.1. The predicted octanol–water partition coefficient (Wildman–Crippen LogP) is 4.76. The number of hydrogen-bond acceptors (Lipinski definition) is 6. The van der Waals surface area contributed by atoms with E-state index in [1.54, 1.807) is 12.1 Å². The van der Waals surface area contributed by atoms with Gasteiger partial charge in [-0.05, 0) is 30.3 Å². The van der Waals surface area contributed by atoms with Gasteiger partial charge in [-0.3, -0.25) is 14.9 Å². The van der Waals surface area contributed by atoms with Gasteiger partial charge in [-0.25, -0.2) is 0 Å². The predicted molar refractivity (Wildman–Crippen MR) is 121 cm³/mol. The maximum Gasteiger partial charge on any atom is 0.287 e. The number of carbonyl (C=O) groups excluding carboxylic acids is 1. The molecule has 0 spiro atoms. The third-order valence-corrected chi connectivity index (χ3v) is 4.85. The van der Waals surface area contributed by atoms with Gasteiger partial charge in [0.15, 0.2) is 5.76 Å². The molecular formula is C24H21N3O5. The average molecular weight is 431 g/mol. The molecule has 3 aromatic carbocycles. The summed E-state index contributed by atoms with van der Waals surface area (Å²) in [7, 11) is 0. The van der Waals surface area contributed by atoms with Gasteiger partial charge in [-0.1, -0.05) is 36.4 Å². The number of amides is 1. The molecule has 8 heteroatoms. The number of rotatable bonds is 9. The Morgan fingerprint density at radius 1 is 0.938 bits per heavy atom. The number of nitro benzene ring substituents is 1. The van der Waals surface area contributed by atoms with Gasteiger partial charge in [0.2, 0.25) is 0 Å². The minimum Gasteiger partial charge on any atom is -0.489 e. The quantitative estimate of drug-likeness (QED) is 0.225. The van der Waals surface area contributed by atoms with Crippen LogP contribution in [0.15, 0.2) is 83.3 Å². The highest BCUT2D eigenvalue weighted by molar-refractivity contribution is 5.99. The molecule has 0 aliphatic rings. The van der Waals surface area contributed by atoms with Crippen LogP contribution in [0.1, 0.15) is 16.1 Å². The lowest BCUT2D eigenvalue weighted by atomic mass is 10.1. The number of nitrogens with zero attached hydrogens (tertiary/aromatic N) is 1. The molecule has 0 aliphatic carbocycles. The van der Waals surface area contributed by atoms with Crippen LogP contribution in [-0.2, 0) is 6.61 Å². The summed E-state index contributed by atoms with van der Waals surface area (Å²) in [6.07, 6.45) is 0. The molecule has 0 saturated heterocycles. The van der Waals surface area contributed by atoms with E-state index >= 15 is 0 Å². The summed E-state index contributed by atoms with van der Waals surface area (Å²) >= 11 is 0. The molecule has 162 valence electrons. The number of benzene rings is 3. The van der Waals surface area contributed by atoms with Crippen molar-refractivity contribution in [1.82, 2.24) is 5.32 Å². The first-order chi connectivity index (χ1) is 15.6. The van der Waals surface area contributed by atoms with Crippen LogP contribution in [0, 0.1) is 10.1 Å². The fourth-order valence-corrected chi connectivity index (χ4v) is 3.26. The Labute approximate surface area is 184 Å². The molecule has 1 heterocycles. The summed E-state index contributed by atoms with van der Waals surface area (Å²) in [5.74, 6) is 0.590. The first-order valence-electron chi connectivity index (χ1n) is 10.1. The Morgan fingerprint density at radius 3 is 2.41 bits per heavy atom. The highest BCUT2D eigenvalue weighted by Crippen LogP contribution is 2.27. The molecule has 0 aliphatic heterocycles. The number of nitro groups is 1. The smallest absolute Gasteiger partial charge is 0.287 e. The van der Waals surface area contributed by atoms with Crippen LogP contribution in [-0.4, -0.2) is 23.9 Å². The maximum atomic E-state index is 12.8. The molecule has 0 bridgehead atoms. The number of furan rings is 1. The number of fused-ring (bicyclic) bond motifs is 1. The molecule has 0 unspecified atom stereocenters. The second-order valence-corrected chi connectivity index (χ2v) is 6.99. The van der Waals surface area contributed by atoms with Crippen LogP contribution >= 0.6 is 0 Å². The molecule has 2 N–H and O–H groups in total. The van der Waals surface area contributed by atoms with E-state index in [0.717, 1.165) is 11.1 Å². The number of hydrogen-bond donors (Lipinski definition) is 2. The highest BCUT2D eigenvalue weighted by Gasteiger charge is 2.20. The molecule has 4 aromatic rings. The molecule has 1 amide bonds. The van der Waals surface area contributed by atoms with Gasteiger partial charge in [0.25, 0.3) is 11.6 Å². The SMILES string of the molecule is O=C(NCCNc1ccc([N+](=O)[O-])cc1)c1oc2ccccc2c1COc1ccccc1. The molecule has 0 fully saturated rings. The minimum absolute atomic E-state index is 0.0268. The monoisotopic (exact) mass is 431 g/mol. The summed E-state index contributed by atoms with van der Waals surface area (Å²) in [6.45, 7) is 0.982. The van der Waals surface area contributed by atoms with E-state index in [1.165, 1.54) is 12.1 Å². The van der Waals surface area contributed by atoms with Crippen LogP contribution in [0.3, 0.4) is 0 Å². The van der Waals surface area contributed by atoms with Crippen LogP contribution in [0.5, 0.6) is 5.75 Å². The summed E-state index contributed by atoms with van der Waals surface area (Å²) in [5.41, 5.74) is 2.06. The zero-order valence-electron chi connectivity index (χ0n) is 17.1. The summed E-state index contributed by atoms with van der Waals surface area (Å²) in [5, 5.41) is 17.5. The zero-order valence-corrected chi connectivity index (χ0v) is 17.1. The van der Waals surface area contributed by atoms with Crippen molar-refractivity contribution in [2.45, 2.75) is 6.61 Å². The van der Waals surface area contributed by atoms with Crippen molar-refractivity contribution in [1.29, 1.82) is 0 Å². The Balaban J connectivity index is 1.39. The number of ether oxygens (including phenoxy) is 1. The Bertz CT molecular complexity index is 1220. The lowest BCUT2D eigenvalue weighted by molar-refractivity contribution is -0.384. The summed E-state index contributed by atoms with van der Waals surface area (Å²) in [6, 6.07) is 22.9. The zero-order chi connectivity index (χ0) is 22.3. The standard InChI is InChI=1S/C24H21N3O5/c28-24(26-15-14-25-17-10-12-18(13-11-17)27(29)30)23-21(16-31-19-6-2-1-3-7-19)20-8-4-5-9-22(20)32-23/h1-13,25H,14-16H2,(H,26,28). The van der Waals surface area contributed by atoms with Crippen LogP contribution in [0.2, 0.25) is 0 Å². The van der Waals surface area contributed by atoms with Gasteiger partial charge in [0.05, 0.1) is 4.92 Å². The molecule has 8 nitrogen and oxygen atoms in total. The van der Waals surface area contributed by atoms with Gasteiger partial charge in [-0.2, -0.15) is 0 Å². The van der Waals surface area contributed by atoms with Crippen LogP contribution in [0.4, 0.5) is 11.4 Å². The third-order valence-electron chi connectivity index (χ3n) is 4.85. The molecular weight excluding hydrogens is 410 g/mol. The highest BCUT2D eigenvalue weighted by atomic mass is 16.6. The Hall–Kier alpha value is -4.33. The van der Waals surface area contributed by atoms with Crippen molar-refractivity contribution in [2.24, 2.45) is 0 Å². The molecule has 4 rings (SSSR count). The van der Waals surface area contributed by atoms with Crippen molar-refractivity contribution in [3.05, 3.63) is 100 Å². The fraction of sp³-hybridized carbons (Fsp3) is 0.125. The van der Waals surface area contributed by atoms with Crippen molar-refractivity contribution >= 4 is 28.3 Å². The Morgan fingerprint density at radius 2 is 1.66 bits per heavy atom. The lowest BCUT2D eigenvalue weighted by Crippen LogP contribution is -2.29. The fourth-order valence-electron chi connectivity index (χ4n) is 3.26. The van der Waals surface area contributed by atoms with E-state index in [0.29, 0.717) is 30.0 Å². The van der Waals surface area contributed by atoms with Gasteiger partial charge < -0.3 is 19.8 Å². The summed E-state index contributed by atoms with van der Waals surface area (Å²) < 4.78 is 11.7. The van der Waals surface area contributed by atoms with E-state index in [4.69, 9.17) is 9.15 Å². The molecule has 32 heavy (non-hydrogen) atoms. The third kappa shape index (κ3) is 4.86.